The maximum atomic E-state index is 12.8. The van der Waals surface area contributed by atoms with Crippen LogP contribution in [0, 0.1) is 0 Å². The highest BCUT2D eigenvalue weighted by atomic mass is 16.6. The van der Waals surface area contributed by atoms with Gasteiger partial charge in [-0.1, -0.05) is 189 Å². The fourth-order valence-corrected chi connectivity index (χ4v) is 6.63. The molecule has 0 aliphatic heterocycles. The van der Waals surface area contributed by atoms with Crippen LogP contribution in [0.15, 0.2) is 85.1 Å². The monoisotopic (exact) mass is 849 g/mol. The molecule has 0 saturated carbocycles. The number of rotatable bonds is 44. The van der Waals surface area contributed by atoms with E-state index in [0.29, 0.717) is 19.3 Å². The van der Waals surface area contributed by atoms with Crippen molar-refractivity contribution in [2.75, 3.05) is 13.2 Å². The van der Waals surface area contributed by atoms with Gasteiger partial charge in [0.05, 0.1) is 0 Å². The van der Waals surface area contributed by atoms with Gasteiger partial charge in [-0.05, 0) is 103 Å². The second kappa shape index (κ2) is 49.2. The molecule has 0 heterocycles. The highest BCUT2D eigenvalue weighted by Gasteiger charge is 2.19. The van der Waals surface area contributed by atoms with Crippen LogP contribution in [-0.2, 0) is 28.6 Å². The predicted octanol–water partition coefficient (Wildman–Crippen LogP) is 16.4. The molecular weight excluding hydrogens is 757 g/mol. The van der Waals surface area contributed by atoms with Crippen molar-refractivity contribution in [2.45, 2.75) is 232 Å². The Bertz CT molecular complexity index is 1200. The van der Waals surface area contributed by atoms with Crippen molar-refractivity contribution in [3.8, 4) is 0 Å². The summed E-state index contributed by atoms with van der Waals surface area (Å²) in [5, 5.41) is 0. The Hall–Kier alpha value is -3.41. The van der Waals surface area contributed by atoms with E-state index in [4.69, 9.17) is 14.2 Å². The van der Waals surface area contributed by atoms with Crippen LogP contribution in [0.3, 0.4) is 0 Å². The SMILES string of the molecule is CC/C=C\C/C=C\C/C=C\CCCCC(=O)OCC(COC(=O)CCCCCCC\C=C/C=C\C=C/CCCCCCC)OC(=O)CCCCC/C=C\CCCCCCCC. The number of ether oxygens (including phenoxy) is 3. The average Bonchev–Trinajstić information content (AvgIpc) is 3.26. The number of carbonyl (C=O) groups is 3. The minimum atomic E-state index is -0.807. The maximum Gasteiger partial charge on any atom is 0.306 e. The second-order valence-electron chi connectivity index (χ2n) is 16.4. The molecule has 0 aromatic carbocycles. The largest absolute Gasteiger partial charge is 0.462 e. The number of hydrogen-bond acceptors (Lipinski definition) is 6. The summed E-state index contributed by atoms with van der Waals surface area (Å²) in [5.74, 6) is -0.984. The number of esters is 3. The number of unbranched alkanes of at least 4 members (excludes halogenated alkanes) is 21. The Kier molecular flexibility index (Phi) is 46.5. The lowest BCUT2D eigenvalue weighted by Gasteiger charge is -2.18. The number of carbonyl (C=O) groups excluding carboxylic acids is 3. The Labute approximate surface area is 375 Å². The summed E-state index contributed by atoms with van der Waals surface area (Å²) in [7, 11) is 0. The molecule has 0 fully saturated rings. The molecule has 0 amide bonds. The molecule has 1 unspecified atom stereocenters. The predicted molar refractivity (Wildman–Crippen MR) is 261 cm³/mol. The van der Waals surface area contributed by atoms with Crippen LogP contribution in [0.25, 0.3) is 0 Å². The third-order valence-corrected chi connectivity index (χ3v) is 10.4. The van der Waals surface area contributed by atoms with Crippen molar-refractivity contribution < 1.29 is 28.6 Å². The molecule has 0 aliphatic carbocycles. The van der Waals surface area contributed by atoms with Crippen molar-refractivity contribution in [1.82, 2.24) is 0 Å². The fourth-order valence-electron chi connectivity index (χ4n) is 6.63. The molecule has 0 radical (unpaired) electrons. The number of allylic oxidation sites excluding steroid dienone is 14. The molecule has 6 heteroatoms. The summed E-state index contributed by atoms with van der Waals surface area (Å²) in [6.07, 6.45) is 62.8. The molecular formula is C55H92O6. The molecule has 0 bridgehead atoms. The van der Waals surface area contributed by atoms with Gasteiger partial charge in [-0.3, -0.25) is 14.4 Å². The Morgan fingerprint density at radius 3 is 1.20 bits per heavy atom. The second-order valence-corrected chi connectivity index (χ2v) is 16.4. The Morgan fingerprint density at radius 2 is 0.705 bits per heavy atom. The molecule has 0 aromatic heterocycles. The topological polar surface area (TPSA) is 78.9 Å². The molecule has 0 N–H and O–H groups in total. The van der Waals surface area contributed by atoms with Crippen LogP contribution in [0.4, 0.5) is 0 Å². The van der Waals surface area contributed by atoms with E-state index in [9.17, 15) is 14.4 Å². The van der Waals surface area contributed by atoms with Gasteiger partial charge in [0.15, 0.2) is 6.10 Å². The van der Waals surface area contributed by atoms with E-state index in [2.05, 4.69) is 106 Å². The van der Waals surface area contributed by atoms with Crippen molar-refractivity contribution in [3.05, 3.63) is 85.1 Å². The first-order valence-electron chi connectivity index (χ1n) is 25.1. The summed E-state index contributed by atoms with van der Waals surface area (Å²) in [5.41, 5.74) is 0. The highest BCUT2D eigenvalue weighted by molar-refractivity contribution is 5.71. The zero-order valence-corrected chi connectivity index (χ0v) is 39.7. The van der Waals surface area contributed by atoms with Crippen LogP contribution in [0.1, 0.15) is 226 Å². The molecule has 61 heavy (non-hydrogen) atoms. The van der Waals surface area contributed by atoms with Gasteiger partial charge in [0, 0.05) is 19.3 Å². The normalized spacial score (nSPS) is 12.8. The Morgan fingerprint density at radius 1 is 0.361 bits per heavy atom. The third kappa shape index (κ3) is 47.5. The maximum absolute atomic E-state index is 12.8. The Balaban J connectivity index is 4.48. The minimum absolute atomic E-state index is 0.106. The van der Waals surface area contributed by atoms with E-state index in [1.165, 1.54) is 70.6 Å². The smallest absolute Gasteiger partial charge is 0.306 e. The first kappa shape index (κ1) is 57.6. The van der Waals surface area contributed by atoms with E-state index in [1.807, 2.05) is 0 Å². The van der Waals surface area contributed by atoms with E-state index in [0.717, 1.165) is 116 Å². The van der Waals surface area contributed by atoms with E-state index >= 15 is 0 Å². The van der Waals surface area contributed by atoms with Crippen molar-refractivity contribution >= 4 is 17.9 Å². The molecule has 0 aliphatic rings. The molecule has 0 aromatic rings. The first-order valence-corrected chi connectivity index (χ1v) is 25.1. The quantitative estimate of drug-likeness (QED) is 0.0200. The van der Waals surface area contributed by atoms with Crippen molar-refractivity contribution in [3.63, 3.8) is 0 Å². The van der Waals surface area contributed by atoms with Crippen molar-refractivity contribution in [1.29, 1.82) is 0 Å². The number of hydrogen-bond donors (Lipinski definition) is 0. The van der Waals surface area contributed by atoms with Gasteiger partial charge in [0.2, 0.25) is 0 Å². The lowest BCUT2D eigenvalue weighted by molar-refractivity contribution is -0.167. The van der Waals surface area contributed by atoms with Gasteiger partial charge in [0.1, 0.15) is 13.2 Å². The van der Waals surface area contributed by atoms with E-state index in [1.54, 1.807) is 0 Å². The van der Waals surface area contributed by atoms with Gasteiger partial charge >= 0.3 is 17.9 Å². The van der Waals surface area contributed by atoms with Crippen molar-refractivity contribution in [2.24, 2.45) is 0 Å². The van der Waals surface area contributed by atoms with Crippen LogP contribution in [-0.4, -0.2) is 37.2 Å². The zero-order chi connectivity index (χ0) is 44.4. The lowest BCUT2D eigenvalue weighted by atomic mass is 10.1. The van der Waals surface area contributed by atoms with Gasteiger partial charge in [-0.15, -0.1) is 0 Å². The summed E-state index contributed by atoms with van der Waals surface area (Å²) in [6.45, 7) is 6.42. The minimum Gasteiger partial charge on any atom is -0.462 e. The summed E-state index contributed by atoms with van der Waals surface area (Å²) in [6, 6.07) is 0. The van der Waals surface area contributed by atoms with Crippen LogP contribution >= 0.6 is 0 Å². The van der Waals surface area contributed by atoms with Crippen LogP contribution in [0.5, 0.6) is 0 Å². The van der Waals surface area contributed by atoms with Gasteiger partial charge in [-0.2, -0.15) is 0 Å². The molecule has 1 atom stereocenters. The highest BCUT2D eigenvalue weighted by Crippen LogP contribution is 2.12. The van der Waals surface area contributed by atoms with Gasteiger partial charge < -0.3 is 14.2 Å². The van der Waals surface area contributed by atoms with E-state index in [-0.39, 0.29) is 31.1 Å². The molecule has 348 valence electrons. The summed E-state index contributed by atoms with van der Waals surface area (Å²) < 4.78 is 16.7. The first-order chi connectivity index (χ1) is 30.0. The fraction of sp³-hybridized carbons (Fsp3) is 0.691. The molecule has 0 saturated heterocycles. The van der Waals surface area contributed by atoms with Crippen LogP contribution < -0.4 is 0 Å². The molecule has 6 nitrogen and oxygen atoms in total. The standard InChI is InChI=1S/C55H92O6/c1-4-7-10-13-16-19-22-25-26-27-28-29-31-33-36-39-42-45-48-54(57)60-51-52(50-59-53(56)47-44-41-38-35-32-24-21-18-15-12-9-6-3)61-55(58)49-46-43-40-37-34-30-23-20-17-14-11-8-5-2/h9,12,18,21-22,25-30,32,34-35,52H,4-8,10-11,13-17,19-20,23-24,31,33,36-51H2,1-3H3/b12-9-,21-18-,25-22-,27-26-,29-28-,34-30-,35-32-. The molecule has 0 rings (SSSR count). The molecule has 0 spiro atoms. The zero-order valence-electron chi connectivity index (χ0n) is 39.7. The third-order valence-electron chi connectivity index (χ3n) is 10.4. The summed E-state index contributed by atoms with van der Waals surface area (Å²) in [4.78, 5) is 37.9. The summed E-state index contributed by atoms with van der Waals surface area (Å²) >= 11 is 0. The average molecular weight is 849 g/mol. The van der Waals surface area contributed by atoms with Crippen LogP contribution in [0.2, 0.25) is 0 Å². The van der Waals surface area contributed by atoms with Gasteiger partial charge in [-0.25, -0.2) is 0 Å². The lowest BCUT2D eigenvalue weighted by Crippen LogP contribution is -2.30. The van der Waals surface area contributed by atoms with Gasteiger partial charge in [0.25, 0.3) is 0 Å². The van der Waals surface area contributed by atoms with E-state index < -0.39 is 6.10 Å².